The molecule has 5 nitrogen and oxygen atoms in total. The highest BCUT2D eigenvalue weighted by atomic mass is 16.2. The summed E-state index contributed by atoms with van der Waals surface area (Å²) < 4.78 is 0. The van der Waals surface area contributed by atoms with Crippen LogP contribution in [0.3, 0.4) is 0 Å². The summed E-state index contributed by atoms with van der Waals surface area (Å²) in [6, 6.07) is 13.3. The number of amides is 2. The number of anilines is 3. The summed E-state index contributed by atoms with van der Waals surface area (Å²) in [4.78, 5) is 24.1. The van der Waals surface area contributed by atoms with E-state index < -0.39 is 0 Å². The number of rotatable bonds is 9. The fraction of sp³-hybridized carbons (Fsp3) is 0.364. The zero-order chi connectivity index (χ0) is 19.6. The van der Waals surface area contributed by atoms with E-state index in [2.05, 4.69) is 28.9 Å². The Morgan fingerprint density at radius 2 is 1.44 bits per heavy atom. The molecular weight excluding hydrogens is 338 g/mol. The van der Waals surface area contributed by atoms with E-state index in [0.29, 0.717) is 17.8 Å². The molecule has 0 bridgehead atoms. The van der Waals surface area contributed by atoms with Crippen LogP contribution in [0.5, 0.6) is 0 Å². The predicted octanol–water partition coefficient (Wildman–Crippen LogP) is 4.87. The zero-order valence-corrected chi connectivity index (χ0v) is 16.4. The zero-order valence-electron chi connectivity index (χ0n) is 16.4. The second kappa shape index (κ2) is 10.4. The van der Waals surface area contributed by atoms with Crippen molar-refractivity contribution in [2.75, 3.05) is 22.5 Å². The monoisotopic (exact) mass is 367 g/mol. The quantitative estimate of drug-likeness (QED) is 0.554. The molecule has 0 aromatic heterocycles. The summed E-state index contributed by atoms with van der Waals surface area (Å²) in [5, 5.41) is 8.87. The van der Waals surface area contributed by atoms with Crippen molar-refractivity contribution in [2.45, 2.75) is 46.5 Å². The third-order valence-electron chi connectivity index (χ3n) is 4.11. The summed E-state index contributed by atoms with van der Waals surface area (Å²) in [7, 11) is 0. The maximum atomic E-state index is 12.2. The van der Waals surface area contributed by atoms with Gasteiger partial charge in [-0.15, -0.1) is 0 Å². The number of hydrogen-bond donors (Lipinski definition) is 3. The predicted molar refractivity (Wildman–Crippen MR) is 112 cm³/mol. The summed E-state index contributed by atoms with van der Waals surface area (Å²) >= 11 is 0. The van der Waals surface area contributed by atoms with Crippen LogP contribution in [0.2, 0.25) is 0 Å². The number of hydrogen-bond acceptors (Lipinski definition) is 3. The van der Waals surface area contributed by atoms with Crippen molar-refractivity contribution in [3.63, 3.8) is 0 Å². The van der Waals surface area contributed by atoms with Crippen LogP contribution < -0.4 is 16.0 Å². The molecule has 0 saturated heterocycles. The third kappa shape index (κ3) is 7.52. The van der Waals surface area contributed by atoms with Crippen LogP contribution in [0, 0.1) is 13.8 Å². The van der Waals surface area contributed by atoms with Crippen molar-refractivity contribution in [1.82, 2.24) is 0 Å². The Labute approximate surface area is 161 Å². The van der Waals surface area contributed by atoms with Crippen LogP contribution in [-0.2, 0) is 9.59 Å². The second-order valence-corrected chi connectivity index (χ2v) is 6.86. The fourth-order valence-corrected chi connectivity index (χ4v) is 2.90. The topological polar surface area (TPSA) is 70.2 Å². The van der Waals surface area contributed by atoms with E-state index in [1.807, 2.05) is 38.1 Å². The molecule has 0 heterocycles. The van der Waals surface area contributed by atoms with E-state index in [-0.39, 0.29) is 18.4 Å². The fourth-order valence-electron chi connectivity index (χ4n) is 2.90. The SMILES string of the molecule is CCCCCC(=O)Nc1cccc(NC(=O)CNc2cc(C)cc(C)c2)c1. The van der Waals surface area contributed by atoms with Gasteiger partial charge in [-0.2, -0.15) is 0 Å². The summed E-state index contributed by atoms with van der Waals surface area (Å²) in [5.74, 6) is -0.135. The lowest BCUT2D eigenvalue weighted by molar-refractivity contribution is -0.116. The van der Waals surface area contributed by atoms with Gasteiger partial charge in [-0.1, -0.05) is 31.9 Å². The highest BCUT2D eigenvalue weighted by Crippen LogP contribution is 2.16. The molecule has 5 heteroatoms. The molecule has 27 heavy (non-hydrogen) atoms. The lowest BCUT2D eigenvalue weighted by atomic mass is 10.1. The Bertz CT molecular complexity index is 767. The average Bonchev–Trinajstić information content (AvgIpc) is 2.60. The molecule has 0 saturated carbocycles. The lowest BCUT2D eigenvalue weighted by Gasteiger charge is -2.11. The minimum absolute atomic E-state index is 0.00316. The van der Waals surface area contributed by atoms with Gasteiger partial charge >= 0.3 is 0 Å². The van der Waals surface area contributed by atoms with E-state index >= 15 is 0 Å². The maximum Gasteiger partial charge on any atom is 0.243 e. The molecule has 0 aliphatic heterocycles. The van der Waals surface area contributed by atoms with Crippen molar-refractivity contribution in [3.05, 3.63) is 53.6 Å². The van der Waals surface area contributed by atoms with E-state index in [4.69, 9.17) is 0 Å². The van der Waals surface area contributed by atoms with Gasteiger partial charge < -0.3 is 16.0 Å². The van der Waals surface area contributed by atoms with Crippen molar-refractivity contribution < 1.29 is 9.59 Å². The number of benzene rings is 2. The van der Waals surface area contributed by atoms with Gasteiger partial charge in [0.25, 0.3) is 0 Å². The highest BCUT2D eigenvalue weighted by molar-refractivity contribution is 5.95. The van der Waals surface area contributed by atoms with Gasteiger partial charge in [0.2, 0.25) is 11.8 Å². The van der Waals surface area contributed by atoms with Crippen LogP contribution in [0.4, 0.5) is 17.1 Å². The smallest absolute Gasteiger partial charge is 0.243 e. The van der Waals surface area contributed by atoms with E-state index in [9.17, 15) is 9.59 Å². The second-order valence-electron chi connectivity index (χ2n) is 6.86. The summed E-state index contributed by atoms with van der Waals surface area (Å²) in [5.41, 5.74) is 4.58. The van der Waals surface area contributed by atoms with Crippen LogP contribution in [-0.4, -0.2) is 18.4 Å². The highest BCUT2D eigenvalue weighted by Gasteiger charge is 2.06. The molecule has 0 aliphatic rings. The molecule has 2 aromatic rings. The van der Waals surface area contributed by atoms with Crippen LogP contribution in [0.25, 0.3) is 0 Å². The van der Waals surface area contributed by atoms with Gasteiger partial charge in [-0.3, -0.25) is 9.59 Å². The van der Waals surface area contributed by atoms with Crippen molar-refractivity contribution in [2.24, 2.45) is 0 Å². The minimum Gasteiger partial charge on any atom is -0.376 e. The van der Waals surface area contributed by atoms with Gasteiger partial charge in [0.1, 0.15) is 0 Å². The molecule has 0 spiro atoms. The molecule has 2 amide bonds. The standard InChI is InChI=1S/C22H29N3O2/c1-4-5-6-10-21(26)24-18-8-7-9-19(14-18)25-22(27)15-23-20-12-16(2)11-17(3)13-20/h7-9,11-14,23H,4-6,10,15H2,1-3H3,(H,24,26)(H,25,27). The van der Waals surface area contributed by atoms with Crippen LogP contribution in [0.1, 0.15) is 43.7 Å². The van der Waals surface area contributed by atoms with Crippen molar-refractivity contribution >= 4 is 28.9 Å². The molecule has 0 fully saturated rings. The third-order valence-corrected chi connectivity index (χ3v) is 4.11. The van der Waals surface area contributed by atoms with Crippen LogP contribution in [0.15, 0.2) is 42.5 Å². The van der Waals surface area contributed by atoms with E-state index in [0.717, 1.165) is 36.1 Å². The first-order chi connectivity index (χ1) is 13.0. The van der Waals surface area contributed by atoms with Gasteiger partial charge in [0.05, 0.1) is 6.54 Å². The van der Waals surface area contributed by atoms with Gasteiger partial charge in [0, 0.05) is 23.5 Å². The number of carbonyl (C=O) groups is 2. The first-order valence-electron chi connectivity index (χ1n) is 9.48. The molecule has 2 rings (SSSR count). The molecule has 2 aromatic carbocycles. The first-order valence-corrected chi connectivity index (χ1v) is 9.48. The Kier molecular flexibility index (Phi) is 7.86. The van der Waals surface area contributed by atoms with Crippen molar-refractivity contribution in [1.29, 1.82) is 0 Å². The molecule has 0 radical (unpaired) electrons. The van der Waals surface area contributed by atoms with Gasteiger partial charge in [-0.05, 0) is 61.7 Å². The molecule has 144 valence electrons. The molecule has 0 atom stereocenters. The summed E-state index contributed by atoms with van der Waals surface area (Å²) in [6.45, 7) is 6.34. The van der Waals surface area contributed by atoms with Gasteiger partial charge in [0.15, 0.2) is 0 Å². The number of nitrogens with one attached hydrogen (secondary N) is 3. The summed E-state index contributed by atoms with van der Waals surface area (Å²) in [6.07, 6.45) is 3.55. The normalized spacial score (nSPS) is 10.3. The van der Waals surface area contributed by atoms with Crippen molar-refractivity contribution in [3.8, 4) is 0 Å². The van der Waals surface area contributed by atoms with Gasteiger partial charge in [-0.25, -0.2) is 0 Å². The van der Waals surface area contributed by atoms with E-state index in [1.165, 1.54) is 0 Å². The van der Waals surface area contributed by atoms with E-state index in [1.54, 1.807) is 12.1 Å². The number of aryl methyl sites for hydroxylation is 2. The number of unbranched alkanes of at least 4 members (excludes halogenated alkanes) is 2. The molecular formula is C22H29N3O2. The molecule has 0 unspecified atom stereocenters. The molecule has 3 N–H and O–H groups in total. The minimum atomic E-state index is -0.138. The largest absolute Gasteiger partial charge is 0.376 e. The first kappa shape index (κ1) is 20.5. The number of carbonyl (C=O) groups excluding carboxylic acids is 2. The Morgan fingerprint density at radius 3 is 2.07 bits per heavy atom. The lowest BCUT2D eigenvalue weighted by Crippen LogP contribution is -2.22. The van der Waals surface area contributed by atoms with Crippen LogP contribution >= 0.6 is 0 Å². The Balaban J connectivity index is 1.85. The Morgan fingerprint density at radius 1 is 0.815 bits per heavy atom. The maximum absolute atomic E-state index is 12.2. The average molecular weight is 367 g/mol. The molecule has 0 aliphatic carbocycles. The Hall–Kier alpha value is -2.82.